The molecule has 0 spiro atoms. The lowest BCUT2D eigenvalue weighted by Crippen LogP contribution is -2.71. The summed E-state index contributed by atoms with van der Waals surface area (Å²) in [4.78, 5) is 0. The predicted octanol–water partition coefficient (Wildman–Crippen LogP) is 10.2. The minimum absolute atomic E-state index is 0.0968. The zero-order valence-corrected chi connectivity index (χ0v) is 36.1. The SMILES string of the molecule is C[C@@H]1O[C@H](c2ccc(OCc3ccccc3)c(I)c2O)[C@@H](OCc2ccccc2)[C@@H](O[Si](c2ccccc2)(c2ccccc2)C(C)(C)C)[C@@H]1OCc1ccccc1. The number of halogens is 1. The molecular formula is C49H51IO6Si. The molecule has 6 nitrogen and oxygen atoms in total. The third kappa shape index (κ3) is 9.22. The zero-order valence-electron chi connectivity index (χ0n) is 33.0. The Hall–Kier alpha value is -4.29. The molecule has 0 unspecified atom stereocenters. The highest BCUT2D eigenvalue weighted by molar-refractivity contribution is 14.1. The Kier molecular flexibility index (Phi) is 13.3. The van der Waals surface area contributed by atoms with Crippen LogP contribution in [0.1, 0.15) is 56.1 Å². The normalized spacial score (nSPS) is 19.9. The molecule has 294 valence electrons. The average Bonchev–Trinajstić information content (AvgIpc) is 3.24. The Bertz CT molecular complexity index is 2110. The lowest BCUT2D eigenvalue weighted by atomic mass is 9.90. The number of ether oxygens (including phenoxy) is 4. The second kappa shape index (κ2) is 18.5. The lowest BCUT2D eigenvalue weighted by Gasteiger charge is -2.52. The van der Waals surface area contributed by atoms with Gasteiger partial charge in [-0.2, -0.15) is 0 Å². The molecule has 0 aromatic heterocycles. The maximum absolute atomic E-state index is 12.1. The third-order valence-electron chi connectivity index (χ3n) is 10.7. The van der Waals surface area contributed by atoms with Crippen LogP contribution in [0.15, 0.2) is 164 Å². The summed E-state index contributed by atoms with van der Waals surface area (Å²) in [7, 11) is -3.17. The van der Waals surface area contributed by atoms with E-state index in [1.807, 2.05) is 85.8 Å². The van der Waals surface area contributed by atoms with Gasteiger partial charge in [-0.05, 0) is 73.7 Å². The van der Waals surface area contributed by atoms with Gasteiger partial charge in [0.05, 0.1) is 22.9 Å². The maximum Gasteiger partial charge on any atom is 0.261 e. The van der Waals surface area contributed by atoms with Gasteiger partial charge in [-0.1, -0.05) is 172 Å². The molecule has 8 heteroatoms. The van der Waals surface area contributed by atoms with E-state index in [4.69, 9.17) is 23.4 Å². The van der Waals surface area contributed by atoms with Gasteiger partial charge >= 0.3 is 0 Å². The van der Waals surface area contributed by atoms with Gasteiger partial charge in [0, 0.05) is 5.56 Å². The first kappa shape index (κ1) is 40.9. The highest BCUT2D eigenvalue weighted by atomic mass is 127. The minimum atomic E-state index is -3.17. The van der Waals surface area contributed by atoms with Crippen molar-refractivity contribution >= 4 is 41.3 Å². The first-order valence-electron chi connectivity index (χ1n) is 19.6. The van der Waals surface area contributed by atoms with E-state index in [2.05, 4.69) is 128 Å². The van der Waals surface area contributed by atoms with Gasteiger partial charge in [-0.25, -0.2) is 0 Å². The van der Waals surface area contributed by atoms with Crippen LogP contribution >= 0.6 is 22.6 Å². The summed E-state index contributed by atoms with van der Waals surface area (Å²) in [6.45, 7) is 9.93. The van der Waals surface area contributed by atoms with E-state index in [0.29, 0.717) is 34.7 Å². The number of hydrogen-bond donors (Lipinski definition) is 1. The second-order valence-corrected chi connectivity index (χ2v) is 21.0. The number of aromatic hydroxyl groups is 1. The van der Waals surface area contributed by atoms with Crippen LogP contribution in [0.4, 0.5) is 0 Å². The average molecular weight is 891 g/mol. The molecule has 1 fully saturated rings. The molecule has 1 aliphatic rings. The van der Waals surface area contributed by atoms with E-state index in [9.17, 15) is 5.11 Å². The van der Waals surface area contributed by atoms with E-state index in [-0.39, 0.29) is 10.8 Å². The molecule has 6 aromatic rings. The largest absolute Gasteiger partial charge is 0.506 e. The van der Waals surface area contributed by atoms with Crippen molar-refractivity contribution in [1.29, 1.82) is 0 Å². The summed E-state index contributed by atoms with van der Waals surface area (Å²) in [5, 5.41) is 14.0. The van der Waals surface area contributed by atoms with Crippen molar-refractivity contribution in [3.63, 3.8) is 0 Å². The fourth-order valence-corrected chi connectivity index (χ4v) is 13.2. The Labute approximate surface area is 352 Å². The van der Waals surface area contributed by atoms with E-state index in [1.165, 1.54) is 0 Å². The van der Waals surface area contributed by atoms with Crippen LogP contribution in [0.2, 0.25) is 5.04 Å². The van der Waals surface area contributed by atoms with Gasteiger partial charge < -0.3 is 28.5 Å². The monoisotopic (exact) mass is 890 g/mol. The first-order valence-corrected chi connectivity index (χ1v) is 22.6. The Morgan fingerprint density at radius 1 is 0.579 bits per heavy atom. The molecule has 1 N–H and O–H groups in total. The van der Waals surface area contributed by atoms with E-state index < -0.39 is 38.8 Å². The summed E-state index contributed by atoms with van der Waals surface area (Å²) in [5.41, 5.74) is 3.72. The minimum Gasteiger partial charge on any atom is -0.506 e. The van der Waals surface area contributed by atoms with Crippen LogP contribution in [-0.2, 0) is 38.5 Å². The molecule has 1 heterocycles. The number of rotatable bonds is 14. The first-order chi connectivity index (χ1) is 27.7. The molecule has 0 saturated carbocycles. The summed E-state index contributed by atoms with van der Waals surface area (Å²) in [6, 6.07) is 55.5. The number of phenols is 1. The molecule has 0 amide bonds. The van der Waals surface area contributed by atoms with E-state index >= 15 is 0 Å². The lowest BCUT2D eigenvalue weighted by molar-refractivity contribution is -0.245. The van der Waals surface area contributed by atoms with Gasteiger partial charge in [0.2, 0.25) is 0 Å². The summed E-state index contributed by atoms with van der Waals surface area (Å²) in [6.07, 6.45) is -2.99. The standard InChI is InChI=1S/C49H51IO6Si/c1-35-45(53-33-37-22-12-6-13-23-37)48(56-57(49(2,3)4,39-26-16-8-17-27-39)40-28-18-9-19-29-40)47(54-34-38-24-14-7-15-25-38)46(55-35)41-30-31-42(43(50)44(41)51)52-32-36-20-10-5-11-21-36/h5-31,35,45-48,51H,32-34H2,1-4H3/t35-,45+,46+,47+,48-/m0/s1. The van der Waals surface area contributed by atoms with Crippen molar-refractivity contribution in [2.45, 2.75) is 83.1 Å². The van der Waals surface area contributed by atoms with Crippen molar-refractivity contribution in [2.24, 2.45) is 0 Å². The molecule has 7 rings (SSSR count). The number of phenolic OH excluding ortho intramolecular Hbond substituents is 1. The number of hydrogen-bond acceptors (Lipinski definition) is 6. The van der Waals surface area contributed by atoms with E-state index in [0.717, 1.165) is 27.1 Å². The van der Waals surface area contributed by atoms with Crippen LogP contribution in [-0.4, -0.2) is 37.8 Å². The van der Waals surface area contributed by atoms with Crippen LogP contribution in [0.5, 0.6) is 11.5 Å². The van der Waals surface area contributed by atoms with Crippen molar-refractivity contribution in [3.05, 3.63) is 190 Å². The van der Waals surface area contributed by atoms with Gasteiger partial charge in [0.25, 0.3) is 8.32 Å². The van der Waals surface area contributed by atoms with Gasteiger partial charge in [0.1, 0.15) is 42.5 Å². The third-order valence-corrected chi connectivity index (χ3v) is 16.8. The summed E-state index contributed by atoms with van der Waals surface area (Å²) >= 11 is 2.17. The maximum atomic E-state index is 12.1. The fourth-order valence-electron chi connectivity index (χ4n) is 7.88. The van der Waals surface area contributed by atoms with Gasteiger partial charge in [-0.3, -0.25) is 0 Å². The smallest absolute Gasteiger partial charge is 0.261 e. The van der Waals surface area contributed by atoms with Crippen molar-refractivity contribution in [2.75, 3.05) is 0 Å². The van der Waals surface area contributed by atoms with Crippen molar-refractivity contribution < 1.29 is 28.5 Å². The van der Waals surface area contributed by atoms with Crippen LogP contribution in [0, 0.1) is 3.57 Å². The Morgan fingerprint density at radius 3 is 1.49 bits per heavy atom. The molecule has 6 aromatic carbocycles. The van der Waals surface area contributed by atoms with Gasteiger partial charge in [0.15, 0.2) is 0 Å². The van der Waals surface area contributed by atoms with Crippen molar-refractivity contribution in [3.8, 4) is 11.5 Å². The number of benzene rings is 6. The zero-order chi connectivity index (χ0) is 39.8. The quantitative estimate of drug-likeness (QED) is 0.0868. The molecule has 5 atom stereocenters. The second-order valence-electron chi connectivity index (χ2n) is 15.6. The van der Waals surface area contributed by atoms with E-state index in [1.54, 1.807) is 0 Å². The molecular weight excluding hydrogens is 840 g/mol. The van der Waals surface area contributed by atoms with Gasteiger partial charge in [-0.15, -0.1) is 0 Å². The molecule has 1 saturated heterocycles. The van der Waals surface area contributed by atoms with Crippen LogP contribution in [0.3, 0.4) is 0 Å². The topological polar surface area (TPSA) is 66.4 Å². The highest BCUT2D eigenvalue weighted by Gasteiger charge is 2.57. The predicted molar refractivity (Wildman–Crippen MR) is 237 cm³/mol. The summed E-state index contributed by atoms with van der Waals surface area (Å²) < 4.78 is 35.9. The van der Waals surface area contributed by atoms with Crippen LogP contribution < -0.4 is 15.1 Å². The molecule has 57 heavy (non-hydrogen) atoms. The molecule has 0 aliphatic carbocycles. The highest BCUT2D eigenvalue weighted by Crippen LogP contribution is 2.46. The molecule has 0 bridgehead atoms. The fraction of sp³-hybridized carbons (Fsp3) is 0.265. The van der Waals surface area contributed by atoms with Crippen molar-refractivity contribution in [1.82, 2.24) is 0 Å². The Balaban J connectivity index is 1.36. The van der Waals surface area contributed by atoms with Crippen LogP contribution in [0.25, 0.3) is 0 Å². The molecule has 1 aliphatic heterocycles. The molecule has 0 radical (unpaired) electrons. The Morgan fingerprint density at radius 2 is 1.02 bits per heavy atom. The summed E-state index contributed by atoms with van der Waals surface area (Å²) in [5.74, 6) is 0.690.